The summed E-state index contributed by atoms with van der Waals surface area (Å²) in [6.45, 7) is 1.54. The SMILES string of the molecule is CNc1nc(Nc2ccc(Cl)c(Cl)c2)nc(C)c1[N+](=O)[O-]. The van der Waals surface area contributed by atoms with Crippen LogP contribution in [-0.4, -0.2) is 21.9 Å². The van der Waals surface area contributed by atoms with Gasteiger partial charge in [0.25, 0.3) is 0 Å². The Balaban J connectivity index is 2.39. The van der Waals surface area contributed by atoms with Gasteiger partial charge in [0, 0.05) is 12.7 Å². The Morgan fingerprint density at radius 1 is 1.24 bits per heavy atom. The number of rotatable bonds is 4. The van der Waals surface area contributed by atoms with Gasteiger partial charge >= 0.3 is 5.69 Å². The zero-order valence-electron chi connectivity index (χ0n) is 11.1. The zero-order chi connectivity index (χ0) is 15.6. The van der Waals surface area contributed by atoms with E-state index < -0.39 is 4.92 Å². The molecule has 1 aromatic carbocycles. The lowest BCUT2D eigenvalue weighted by Crippen LogP contribution is -2.07. The molecule has 0 aliphatic rings. The largest absolute Gasteiger partial charge is 0.367 e. The van der Waals surface area contributed by atoms with E-state index >= 15 is 0 Å². The van der Waals surface area contributed by atoms with Crippen LogP contribution in [0.1, 0.15) is 5.69 Å². The summed E-state index contributed by atoms with van der Waals surface area (Å²) < 4.78 is 0. The van der Waals surface area contributed by atoms with E-state index in [4.69, 9.17) is 23.2 Å². The summed E-state index contributed by atoms with van der Waals surface area (Å²) >= 11 is 11.8. The molecule has 0 atom stereocenters. The van der Waals surface area contributed by atoms with Crippen LogP contribution >= 0.6 is 23.2 Å². The van der Waals surface area contributed by atoms with Crippen LogP contribution in [0.5, 0.6) is 0 Å². The summed E-state index contributed by atoms with van der Waals surface area (Å²) in [4.78, 5) is 18.6. The van der Waals surface area contributed by atoms with Crippen LogP contribution in [0.3, 0.4) is 0 Å². The molecule has 7 nitrogen and oxygen atoms in total. The van der Waals surface area contributed by atoms with E-state index in [9.17, 15) is 10.1 Å². The van der Waals surface area contributed by atoms with Gasteiger partial charge in [-0.25, -0.2) is 4.98 Å². The summed E-state index contributed by atoms with van der Waals surface area (Å²) in [6, 6.07) is 4.94. The van der Waals surface area contributed by atoms with E-state index in [0.717, 1.165) is 0 Å². The third-order valence-electron chi connectivity index (χ3n) is 2.65. The summed E-state index contributed by atoms with van der Waals surface area (Å²) in [5.74, 6) is 0.357. The first kappa shape index (κ1) is 15.3. The van der Waals surface area contributed by atoms with Gasteiger partial charge in [-0.2, -0.15) is 4.98 Å². The van der Waals surface area contributed by atoms with Crippen molar-refractivity contribution in [1.82, 2.24) is 9.97 Å². The molecule has 0 radical (unpaired) electrons. The quantitative estimate of drug-likeness (QED) is 0.655. The molecular weight excluding hydrogens is 317 g/mol. The number of aryl methyl sites for hydroxylation is 1. The fourth-order valence-electron chi connectivity index (χ4n) is 1.72. The van der Waals surface area contributed by atoms with E-state index in [-0.39, 0.29) is 23.1 Å². The number of nitro groups is 1. The first-order chi connectivity index (χ1) is 9.92. The lowest BCUT2D eigenvalue weighted by molar-refractivity contribution is -0.385. The van der Waals surface area contributed by atoms with Crippen molar-refractivity contribution in [3.8, 4) is 0 Å². The molecule has 9 heteroatoms. The fourth-order valence-corrected chi connectivity index (χ4v) is 2.02. The molecule has 1 heterocycles. The molecule has 0 unspecified atom stereocenters. The number of nitrogens with zero attached hydrogens (tertiary/aromatic N) is 3. The minimum Gasteiger partial charge on any atom is -0.367 e. The van der Waals surface area contributed by atoms with Gasteiger partial charge < -0.3 is 10.6 Å². The molecule has 1 aromatic heterocycles. The summed E-state index contributed by atoms with van der Waals surface area (Å²) in [6.07, 6.45) is 0. The second-order valence-corrected chi connectivity index (χ2v) is 4.91. The average Bonchev–Trinajstić information content (AvgIpc) is 2.41. The highest BCUT2D eigenvalue weighted by Gasteiger charge is 2.21. The molecule has 0 amide bonds. The summed E-state index contributed by atoms with van der Waals surface area (Å²) in [5.41, 5.74) is 0.721. The van der Waals surface area contributed by atoms with Crippen LogP contribution < -0.4 is 10.6 Å². The third kappa shape index (κ3) is 3.32. The maximum absolute atomic E-state index is 11.0. The third-order valence-corrected chi connectivity index (χ3v) is 3.39. The number of halogens is 2. The summed E-state index contributed by atoms with van der Waals surface area (Å²) in [5, 5.41) is 17.4. The van der Waals surface area contributed by atoms with Gasteiger partial charge in [0.2, 0.25) is 11.8 Å². The minimum absolute atomic E-state index is 0.134. The van der Waals surface area contributed by atoms with Crippen LogP contribution in [0.15, 0.2) is 18.2 Å². The highest BCUT2D eigenvalue weighted by Crippen LogP contribution is 2.29. The van der Waals surface area contributed by atoms with Gasteiger partial charge in [-0.05, 0) is 25.1 Å². The van der Waals surface area contributed by atoms with E-state index in [1.807, 2.05) is 0 Å². The second-order valence-electron chi connectivity index (χ2n) is 4.09. The molecule has 0 aliphatic heterocycles. The predicted octanol–water partition coefficient (Wildman–Crippen LogP) is 3.79. The molecule has 21 heavy (non-hydrogen) atoms. The molecule has 110 valence electrons. The smallest absolute Gasteiger partial charge is 0.332 e. The first-order valence-corrected chi connectivity index (χ1v) is 6.61. The Kier molecular flexibility index (Phi) is 4.44. The van der Waals surface area contributed by atoms with Gasteiger partial charge in [0.15, 0.2) is 0 Å². The number of nitrogens with one attached hydrogen (secondary N) is 2. The molecule has 0 fully saturated rings. The van der Waals surface area contributed by atoms with Crippen LogP contribution in [0.4, 0.5) is 23.1 Å². The zero-order valence-corrected chi connectivity index (χ0v) is 12.7. The van der Waals surface area contributed by atoms with Crippen LogP contribution in [0, 0.1) is 17.0 Å². The molecule has 2 rings (SSSR count). The molecule has 0 bridgehead atoms. The van der Waals surface area contributed by atoms with Crippen molar-refractivity contribution in [3.63, 3.8) is 0 Å². The van der Waals surface area contributed by atoms with Crippen molar-refractivity contribution in [3.05, 3.63) is 44.1 Å². The van der Waals surface area contributed by atoms with Crippen molar-refractivity contribution in [2.75, 3.05) is 17.7 Å². The van der Waals surface area contributed by atoms with E-state index in [0.29, 0.717) is 15.7 Å². The van der Waals surface area contributed by atoms with Crippen molar-refractivity contribution in [2.24, 2.45) is 0 Å². The standard InChI is InChI=1S/C12H11Cl2N5O2/c1-6-10(19(20)21)11(15-2)18-12(16-6)17-7-3-4-8(13)9(14)5-7/h3-5H,1-2H3,(H2,15,16,17,18). The van der Waals surface area contributed by atoms with E-state index in [2.05, 4.69) is 20.6 Å². The molecule has 0 saturated heterocycles. The lowest BCUT2D eigenvalue weighted by atomic mass is 10.3. The molecule has 0 saturated carbocycles. The normalized spacial score (nSPS) is 10.3. The van der Waals surface area contributed by atoms with E-state index in [1.165, 1.54) is 0 Å². The molecular formula is C12H11Cl2N5O2. The van der Waals surface area contributed by atoms with Crippen molar-refractivity contribution >= 4 is 46.3 Å². The van der Waals surface area contributed by atoms with Crippen LogP contribution in [-0.2, 0) is 0 Å². The van der Waals surface area contributed by atoms with Crippen LogP contribution in [0.25, 0.3) is 0 Å². The monoisotopic (exact) mass is 327 g/mol. The lowest BCUT2D eigenvalue weighted by Gasteiger charge is -2.09. The van der Waals surface area contributed by atoms with E-state index in [1.54, 1.807) is 32.2 Å². The number of anilines is 3. The highest BCUT2D eigenvalue weighted by atomic mass is 35.5. The topological polar surface area (TPSA) is 93.0 Å². The maximum atomic E-state index is 11.0. The maximum Gasteiger partial charge on any atom is 0.332 e. The Labute approximate surface area is 130 Å². The Bertz CT molecular complexity index is 708. The van der Waals surface area contributed by atoms with Gasteiger partial charge in [0.05, 0.1) is 15.0 Å². The Morgan fingerprint density at radius 3 is 2.52 bits per heavy atom. The van der Waals surface area contributed by atoms with Gasteiger partial charge in [-0.15, -0.1) is 0 Å². The molecule has 2 N–H and O–H groups in total. The molecule has 2 aromatic rings. The minimum atomic E-state index is -0.524. The second kappa shape index (κ2) is 6.11. The van der Waals surface area contributed by atoms with Crippen molar-refractivity contribution in [1.29, 1.82) is 0 Å². The number of hydrogen-bond acceptors (Lipinski definition) is 6. The van der Waals surface area contributed by atoms with Gasteiger partial charge in [0.1, 0.15) is 5.69 Å². The fraction of sp³-hybridized carbons (Fsp3) is 0.167. The van der Waals surface area contributed by atoms with Crippen LogP contribution in [0.2, 0.25) is 10.0 Å². The van der Waals surface area contributed by atoms with Crippen molar-refractivity contribution < 1.29 is 4.92 Å². The van der Waals surface area contributed by atoms with Crippen molar-refractivity contribution in [2.45, 2.75) is 6.92 Å². The number of aromatic nitrogens is 2. The number of hydrogen-bond donors (Lipinski definition) is 2. The first-order valence-electron chi connectivity index (χ1n) is 5.85. The van der Waals surface area contributed by atoms with Gasteiger partial charge in [-0.1, -0.05) is 23.2 Å². The van der Waals surface area contributed by atoms with Gasteiger partial charge in [-0.3, -0.25) is 10.1 Å². The average molecular weight is 328 g/mol. The predicted molar refractivity (Wildman–Crippen MR) is 82.7 cm³/mol. The molecule has 0 aliphatic carbocycles. The summed E-state index contributed by atoms with van der Waals surface area (Å²) in [7, 11) is 1.55. The Hall–Kier alpha value is -2.12. The molecule has 0 spiro atoms. The number of benzene rings is 1. The Morgan fingerprint density at radius 2 is 1.95 bits per heavy atom. The highest BCUT2D eigenvalue weighted by molar-refractivity contribution is 6.42.